The van der Waals surface area contributed by atoms with Crippen molar-refractivity contribution in [3.8, 4) is 0 Å². The van der Waals surface area contributed by atoms with E-state index in [-0.39, 0.29) is 10.6 Å². The number of piperidine rings is 1. The van der Waals surface area contributed by atoms with Crippen LogP contribution in [0.25, 0.3) is 0 Å². The number of likely N-dealkylation sites (tertiary alicyclic amines) is 1. The first-order valence-corrected chi connectivity index (χ1v) is 7.21. The zero-order chi connectivity index (χ0) is 13.8. The molecule has 1 saturated heterocycles. The minimum absolute atomic E-state index is 0.145. The Morgan fingerprint density at radius 1 is 1.53 bits per heavy atom. The van der Waals surface area contributed by atoms with Crippen molar-refractivity contribution in [2.45, 2.75) is 25.4 Å². The average Bonchev–Trinajstić information content (AvgIpc) is 2.38. The monoisotopic (exact) mass is 327 g/mol. The maximum absolute atomic E-state index is 10.9. The molecule has 1 atom stereocenters. The van der Waals surface area contributed by atoms with Crippen molar-refractivity contribution in [3.05, 3.63) is 38.3 Å². The third-order valence-electron chi connectivity index (χ3n) is 3.47. The van der Waals surface area contributed by atoms with Gasteiger partial charge in [0.25, 0.3) is 5.69 Å². The fourth-order valence-electron chi connectivity index (χ4n) is 2.52. The van der Waals surface area contributed by atoms with Crippen LogP contribution in [0, 0.1) is 10.1 Å². The van der Waals surface area contributed by atoms with Gasteiger partial charge in [0.15, 0.2) is 0 Å². The summed E-state index contributed by atoms with van der Waals surface area (Å²) in [4.78, 5) is 12.9. The molecule has 1 aromatic carbocycles. The summed E-state index contributed by atoms with van der Waals surface area (Å²) in [5.74, 6) is 0. The van der Waals surface area contributed by atoms with Crippen LogP contribution in [0.1, 0.15) is 18.4 Å². The van der Waals surface area contributed by atoms with E-state index in [1.165, 1.54) is 18.9 Å². The van der Waals surface area contributed by atoms with E-state index in [0.717, 1.165) is 29.7 Å². The molecule has 0 saturated carbocycles. The van der Waals surface area contributed by atoms with Crippen LogP contribution in [0.2, 0.25) is 0 Å². The van der Waals surface area contributed by atoms with Gasteiger partial charge in [-0.3, -0.25) is 15.0 Å². The minimum atomic E-state index is -0.346. The highest BCUT2D eigenvalue weighted by atomic mass is 79.9. The van der Waals surface area contributed by atoms with Crippen LogP contribution in [0.3, 0.4) is 0 Å². The summed E-state index contributed by atoms with van der Waals surface area (Å²) in [6.07, 6.45) is 2.37. The molecule has 1 aromatic rings. The molecule has 0 spiro atoms. The van der Waals surface area contributed by atoms with Gasteiger partial charge in [0, 0.05) is 35.7 Å². The number of nitro benzene ring substituents is 1. The lowest BCUT2D eigenvalue weighted by Gasteiger charge is -2.32. The highest BCUT2D eigenvalue weighted by molar-refractivity contribution is 9.10. The van der Waals surface area contributed by atoms with Gasteiger partial charge in [-0.05, 0) is 38.1 Å². The number of hydrogen-bond donors (Lipinski definition) is 1. The van der Waals surface area contributed by atoms with E-state index in [2.05, 4.69) is 26.1 Å². The summed E-state index contributed by atoms with van der Waals surface area (Å²) >= 11 is 3.34. The lowest BCUT2D eigenvalue weighted by Crippen LogP contribution is -2.43. The number of hydrogen-bond acceptors (Lipinski definition) is 4. The number of nitrogens with one attached hydrogen (secondary N) is 1. The van der Waals surface area contributed by atoms with Gasteiger partial charge in [-0.25, -0.2) is 0 Å². The summed E-state index contributed by atoms with van der Waals surface area (Å²) in [6.45, 7) is 2.81. The molecule has 0 aromatic heterocycles. The van der Waals surface area contributed by atoms with E-state index in [0.29, 0.717) is 6.04 Å². The van der Waals surface area contributed by atoms with Gasteiger partial charge in [0.1, 0.15) is 0 Å². The van der Waals surface area contributed by atoms with Crippen molar-refractivity contribution in [2.24, 2.45) is 0 Å². The lowest BCUT2D eigenvalue weighted by molar-refractivity contribution is -0.385. The van der Waals surface area contributed by atoms with E-state index < -0.39 is 0 Å². The Bertz CT molecular complexity index is 467. The Labute approximate surface area is 121 Å². The molecule has 1 aliphatic rings. The molecule has 0 aliphatic carbocycles. The maximum atomic E-state index is 10.9. The molecule has 1 unspecified atom stereocenters. The largest absolute Gasteiger partial charge is 0.316 e. The molecular weight excluding hydrogens is 310 g/mol. The van der Waals surface area contributed by atoms with Crippen LogP contribution in [-0.4, -0.2) is 36.0 Å². The van der Waals surface area contributed by atoms with Crippen LogP contribution in [0.4, 0.5) is 5.69 Å². The molecular formula is C13H18BrN3O2. The lowest BCUT2D eigenvalue weighted by atomic mass is 10.0. The molecule has 0 amide bonds. The molecule has 1 N–H and O–H groups in total. The van der Waals surface area contributed by atoms with Gasteiger partial charge in [-0.15, -0.1) is 0 Å². The molecule has 19 heavy (non-hydrogen) atoms. The number of nitrogens with zero attached hydrogens (tertiary/aromatic N) is 2. The average molecular weight is 328 g/mol. The molecule has 6 heteroatoms. The molecule has 0 bridgehead atoms. The Balaban J connectivity index is 2.08. The quantitative estimate of drug-likeness (QED) is 0.682. The second kappa shape index (κ2) is 6.45. The fraction of sp³-hybridized carbons (Fsp3) is 0.538. The van der Waals surface area contributed by atoms with E-state index in [1.54, 1.807) is 6.07 Å². The van der Waals surface area contributed by atoms with Crippen molar-refractivity contribution in [2.75, 3.05) is 20.1 Å². The number of likely N-dealkylation sites (N-methyl/N-ethyl adjacent to an activating group) is 1. The van der Waals surface area contributed by atoms with Gasteiger partial charge in [-0.2, -0.15) is 0 Å². The number of benzene rings is 1. The molecule has 1 fully saturated rings. The molecule has 1 aliphatic heterocycles. The molecule has 0 radical (unpaired) electrons. The van der Waals surface area contributed by atoms with Crippen molar-refractivity contribution >= 4 is 21.6 Å². The van der Waals surface area contributed by atoms with Crippen LogP contribution < -0.4 is 5.32 Å². The van der Waals surface area contributed by atoms with Gasteiger partial charge in [-0.1, -0.05) is 15.9 Å². The SMILES string of the molecule is CNC1CCCN(Cc2cc(Br)cc([N+](=O)[O-])c2)C1. The number of non-ortho nitro benzene ring substituents is 1. The molecule has 1 heterocycles. The smallest absolute Gasteiger partial charge is 0.270 e. The third-order valence-corrected chi connectivity index (χ3v) is 3.93. The van der Waals surface area contributed by atoms with E-state index in [1.807, 2.05) is 13.1 Å². The van der Waals surface area contributed by atoms with Crippen molar-refractivity contribution in [3.63, 3.8) is 0 Å². The van der Waals surface area contributed by atoms with Gasteiger partial charge >= 0.3 is 0 Å². The third kappa shape index (κ3) is 3.99. The second-order valence-corrected chi connectivity index (χ2v) is 5.85. The van der Waals surface area contributed by atoms with Gasteiger partial charge < -0.3 is 5.32 Å². The van der Waals surface area contributed by atoms with Crippen molar-refractivity contribution in [1.82, 2.24) is 10.2 Å². The number of rotatable bonds is 4. The number of halogens is 1. The van der Waals surface area contributed by atoms with Crippen LogP contribution in [0.15, 0.2) is 22.7 Å². The van der Waals surface area contributed by atoms with Gasteiger partial charge in [0.05, 0.1) is 4.92 Å². The minimum Gasteiger partial charge on any atom is -0.316 e. The zero-order valence-corrected chi connectivity index (χ0v) is 12.5. The highest BCUT2D eigenvalue weighted by Gasteiger charge is 2.19. The fourth-order valence-corrected chi connectivity index (χ4v) is 3.05. The Hall–Kier alpha value is -0.980. The van der Waals surface area contributed by atoms with Crippen LogP contribution in [0.5, 0.6) is 0 Å². The predicted molar refractivity (Wildman–Crippen MR) is 78.2 cm³/mol. The molecule has 2 rings (SSSR count). The summed E-state index contributed by atoms with van der Waals surface area (Å²) in [5, 5.41) is 14.2. The first-order valence-electron chi connectivity index (χ1n) is 6.42. The molecule has 104 valence electrons. The first kappa shape index (κ1) is 14.4. The Morgan fingerprint density at radius 2 is 2.32 bits per heavy atom. The normalized spacial score (nSPS) is 20.4. The first-order chi connectivity index (χ1) is 9.08. The predicted octanol–water partition coefficient (Wildman–Crippen LogP) is 2.54. The van der Waals surface area contributed by atoms with Crippen molar-refractivity contribution < 1.29 is 4.92 Å². The zero-order valence-electron chi connectivity index (χ0n) is 10.9. The molecule has 5 nitrogen and oxygen atoms in total. The number of nitro groups is 1. The second-order valence-electron chi connectivity index (χ2n) is 4.94. The summed E-state index contributed by atoms with van der Waals surface area (Å²) < 4.78 is 0.763. The van der Waals surface area contributed by atoms with Crippen molar-refractivity contribution in [1.29, 1.82) is 0 Å². The highest BCUT2D eigenvalue weighted by Crippen LogP contribution is 2.23. The summed E-state index contributed by atoms with van der Waals surface area (Å²) in [7, 11) is 1.98. The summed E-state index contributed by atoms with van der Waals surface area (Å²) in [6, 6.07) is 5.68. The summed E-state index contributed by atoms with van der Waals surface area (Å²) in [5.41, 5.74) is 1.13. The standard InChI is InChI=1S/C13H18BrN3O2/c1-15-12-3-2-4-16(9-12)8-10-5-11(14)7-13(6-10)17(18)19/h5-7,12,15H,2-4,8-9H2,1H3. The van der Waals surface area contributed by atoms with Crippen LogP contribution >= 0.6 is 15.9 Å². The Kier molecular flexibility index (Phi) is 4.90. The topological polar surface area (TPSA) is 58.4 Å². The van der Waals surface area contributed by atoms with E-state index >= 15 is 0 Å². The van der Waals surface area contributed by atoms with Gasteiger partial charge in [0.2, 0.25) is 0 Å². The van der Waals surface area contributed by atoms with E-state index in [9.17, 15) is 10.1 Å². The van der Waals surface area contributed by atoms with Crippen LogP contribution in [-0.2, 0) is 6.54 Å². The Morgan fingerprint density at radius 3 is 3.00 bits per heavy atom. The maximum Gasteiger partial charge on any atom is 0.270 e. The van der Waals surface area contributed by atoms with E-state index in [4.69, 9.17) is 0 Å².